The summed E-state index contributed by atoms with van der Waals surface area (Å²) in [6.45, 7) is 2.38. The molecular weight excluding hydrogens is 438 g/mol. The first-order valence-electron chi connectivity index (χ1n) is 8.85. The van der Waals surface area contributed by atoms with Crippen molar-refractivity contribution in [3.05, 3.63) is 78.9 Å². The number of aromatic nitrogens is 2. The number of fused-ring (bicyclic) bond motifs is 1. The minimum atomic E-state index is -0.734. The summed E-state index contributed by atoms with van der Waals surface area (Å²) in [6.07, 6.45) is 3.13. The lowest BCUT2D eigenvalue weighted by Crippen LogP contribution is -2.30. The molecule has 0 amide bonds. The van der Waals surface area contributed by atoms with Gasteiger partial charge in [-0.1, -0.05) is 15.9 Å². The molecule has 2 heterocycles. The molecule has 0 saturated carbocycles. The SMILES string of the molecule is CCOc1ccc(-n2c(O)c(C=C3C=Nc4ccc(Br)cc43)c(=O)[nH]c2=O)cc1. The van der Waals surface area contributed by atoms with E-state index in [0.29, 0.717) is 23.6 Å². The van der Waals surface area contributed by atoms with Crippen LogP contribution in [0, 0.1) is 0 Å². The third kappa shape index (κ3) is 3.54. The number of nitrogens with one attached hydrogen (secondary N) is 1. The molecule has 2 aromatic carbocycles. The molecule has 1 aliphatic heterocycles. The highest BCUT2D eigenvalue weighted by atomic mass is 79.9. The van der Waals surface area contributed by atoms with Gasteiger partial charge in [0.25, 0.3) is 5.56 Å². The fourth-order valence-corrected chi connectivity index (χ4v) is 3.46. The molecular formula is C21H16BrN3O4. The van der Waals surface area contributed by atoms with E-state index in [0.717, 1.165) is 20.3 Å². The van der Waals surface area contributed by atoms with Gasteiger partial charge in [-0.05, 0) is 55.5 Å². The molecule has 0 aliphatic carbocycles. The van der Waals surface area contributed by atoms with Crippen LogP contribution < -0.4 is 16.0 Å². The molecule has 1 aliphatic rings. The van der Waals surface area contributed by atoms with E-state index in [9.17, 15) is 14.7 Å². The van der Waals surface area contributed by atoms with Gasteiger partial charge < -0.3 is 9.84 Å². The molecule has 29 heavy (non-hydrogen) atoms. The number of allylic oxidation sites excluding steroid dienone is 1. The van der Waals surface area contributed by atoms with Crippen LogP contribution in [0.3, 0.4) is 0 Å². The number of hydrogen-bond acceptors (Lipinski definition) is 5. The lowest BCUT2D eigenvalue weighted by atomic mass is 10.1. The van der Waals surface area contributed by atoms with Crippen LogP contribution in [0.1, 0.15) is 18.1 Å². The van der Waals surface area contributed by atoms with E-state index in [1.165, 1.54) is 6.08 Å². The Balaban J connectivity index is 1.84. The predicted molar refractivity (Wildman–Crippen MR) is 116 cm³/mol. The number of H-pyrrole nitrogens is 1. The van der Waals surface area contributed by atoms with Gasteiger partial charge in [-0.25, -0.2) is 9.36 Å². The van der Waals surface area contributed by atoms with Crippen LogP contribution in [0.15, 0.2) is 61.5 Å². The summed E-state index contributed by atoms with van der Waals surface area (Å²) in [6, 6.07) is 12.2. The third-order valence-corrected chi connectivity index (χ3v) is 4.93. The van der Waals surface area contributed by atoms with E-state index >= 15 is 0 Å². The van der Waals surface area contributed by atoms with Crippen LogP contribution in [0.25, 0.3) is 17.3 Å². The number of ether oxygens (including phenoxy) is 1. The average molecular weight is 454 g/mol. The van der Waals surface area contributed by atoms with Crippen molar-refractivity contribution in [1.82, 2.24) is 9.55 Å². The highest BCUT2D eigenvalue weighted by Crippen LogP contribution is 2.35. The summed E-state index contributed by atoms with van der Waals surface area (Å²) in [5, 5.41) is 10.8. The number of aromatic amines is 1. The molecule has 8 heteroatoms. The zero-order valence-corrected chi connectivity index (χ0v) is 16.9. The predicted octanol–water partition coefficient (Wildman–Crippen LogP) is 3.65. The van der Waals surface area contributed by atoms with Crippen molar-refractivity contribution in [2.24, 2.45) is 4.99 Å². The number of benzene rings is 2. The van der Waals surface area contributed by atoms with E-state index < -0.39 is 17.1 Å². The fraction of sp³-hybridized carbons (Fsp3) is 0.0952. The molecule has 4 rings (SSSR count). The maximum atomic E-state index is 12.4. The molecule has 0 atom stereocenters. The summed E-state index contributed by atoms with van der Waals surface area (Å²) in [7, 11) is 0. The van der Waals surface area contributed by atoms with Gasteiger partial charge in [0.1, 0.15) is 11.3 Å². The number of aromatic hydroxyl groups is 1. The van der Waals surface area contributed by atoms with Crippen LogP contribution in [0.2, 0.25) is 0 Å². The zero-order chi connectivity index (χ0) is 20.5. The van der Waals surface area contributed by atoms with Crippen LogP contribution in [-0.2, 0) is 0 Å². The van der Waals surface area contributed by atoms with Crippen molar-refractivity contribution in [2.75, 3.05) is 6.61 Å². The Morgan fingerprint density at radius 1 is 1.21 bits per heavy atom. The van der Waals surface area contributed by atoms with Crippen molar-refractivity contribution in [3.63, 3.8) is 0 Å². The Hall–Kier alpha value is -3.39. The Morgan fingerprint density at radius 3 is 2.69 bits per heavy atom. The van der Waals surface area contributed by atoms with Gasteiger partial charge in [0.15, 0.2) is 0 Å². The van der Waals surface area contributed by atoms with Gasteiger partial charge in [-0.15, -0.1) is 0 Å². The highest BCUT2D eigenvalue weighted by molar-refractivity contribution is 9.10. The number of halogens is 1. The molecule has 3 aromatic rings. The molecule has 146 valence electrons. The first-order valence-corrected chi connectivity index (χ1v) is 9.64. The van der Waals surface area contributed by atoms with Crippen LogP contribution in [-0.4, -0.2) is 27.5 Å². The molecule has 0 bridgehead atoms. The Kier molecular flexibility index (Phi) is 4.94. The summed E-state index contributed by atoms with van der Waals surface area (Å²) in [5.74, 6) is 0.187. The fourth-order valence-electron chi connectivity index (χ4n) is 3.10. The first-order chi connectivity index (χ1) is 14.0. The average Bonchev–Trinajstić information content (AvgIpc) is 3.08. The minimum absolute atomic E-state index is 0.0345. The Morgan fingerprint density at radius 2 is 1.97 bits per heavy atom. The van der Waals surface area contributed by atoms with Gasteiger partial charge in [-0.3, -0.25) is 14.8 Å². The second-order valence-corrected chi connectivity index (χ2v) is 7.19. The summed E-state index contributed by atoms with van der Waals surface area (Å²) in [5.41, 5.74) is 1.18. The second-order valence-electron chi connectivity index (χ2n) is 6.28. The van der Waals surface area contributed by atoms with E-state index in [1.54, 1.807) is 30.5 Å². The van der Waals surface area contributed by atoms with E-state index in [2.05, 4.69) is 25.9 Å². The van der Waals surface area contributed by atoms with Crippen LogP contribution in [0.5, 0.6) is 11.6 Å². The quantitative estimate of drug-likeness (QED) is 0.629. The molecule has 0 fully saturated rings. The Labute approximate surface area is 173 Å². The number of nitrogens with zero attached hydrogens (tertiary/aromatic N) is 2. The lowest BCUT2D eigenvalue weighted by molar-refractivity contribution is 0.340. The lowest BCUT2D eigenvalue weighted by Gasteiger charge is -2.11. The van der Waals surface area contributed by atoms with Gasteiger partial charge in [0, 0.05) is 21.8 Å². The standard InChI is InChI=1S/C21H16BrN3O4/c1-2-29-15-6-4-14(5-7-15)25-20(27)17(19(26)24-21(25)28)9-12-11-23-18-8-3-13(22)10-16(12)18/h3-11,27H,2H2,1H3,(H,24,26,28). The maximum Gasteiger partial charge on any atom is 0.335 e. The van der Waals surface area contributed by atoms with Gasteiger partial charge in [0.2, 0.25) is 5.88 Å². The topological polar surface area (TPSA) is 96.7 Å². The molecule has 2 N–H and O–H groups in total. The van der Waals surface area contributed by atoms with Crippen molar-refractivity contribution in [2.45, 2.75) is 6.92 Å². The van der Waals surface area contributed by atoms with Gasteiger partial charge in [0.05, 0.1) is 18.0 Å². The van der Waals surface area contributed by atoms with Crippen LogP contribution >= 0.6 is 15.9 Å². The summed E-state index contributed by atoms with van der Waals surface area (Å²) >= 11 is 3.42. The maximum absolute atomic E-state index is 12.4. The monoisotopic (exact) mass is 453 g/mol. The molecule has 0 saturated heterocycles. The second kappa shape index (κ2) is 7.56. The molecule has 0 unspecified atom stereocenters. The van der Waals surface area contributed by atoms with Crippen LogP contribution in [0.4, 0.5) is 5.69 Å². The van der Waals surface area contributed by atoms with Crippen molar-refractivity contribution < 1.29 is 9.84 Å². The molecule has 7 nitrogen and oxygen atoms in total. The number of rotatable bonds is 4. The smallest absolute Gasteiger partial charge is 0.335 e. The molecule has 1 aromatic heterocycles. The first kappa shape index (κ1) is 18.9. The third-order valence-electron chi connectivity index (χ3n) is 4.44. The van der Waals surface area contributed by atoms with E-state index in [-0.39, 0.29) is 5.56 Å². The van der Waals surface area contributed by atoms with Crippen molar-refractivity contribution in [3.8, 4) is 17.3 Å². The summed E-state index contributed by atoms with van der Waals surface area (Å²) in [4.78, 5) is 31.3. The zero-order valence-electron chi connectivity index (χ0n) is 15.3. The van der Waals surface area contributed by atoms with Crippen molar-refractivity contribution in [1.29, 1.82) is 0 Å². The van der Waals surface area contributed by atoms with Crippen molar-refractivity contribution >= 4 is 39.5 Å². The summed E-state index contributed by atoms with van der Waals surface area (Å²) < 4.78 is 7.30. The van der Waals surface area contributed by atoms with Gasteiger partial charge in [-0.2, -0.15) is 0 Å². The molecule has 0 spiro atoms. The number of hydrogen-bond donors (Lipinski definition) is 2. The molecule has 0 radical (unpaired) electrons. The van der Waals surface area contributed by atoms with E-state index in [4.69, 9.17) is 4.74 Å². The van der Waals surface area contributed by atoms with Gasteiger partial charge >= 0.3 is 5.69 Å². The highest BCUT2D eigenvalue weighted by Gasteiger charge is 2.18. The minimum Gasteiger partial charge on any atom is -0.494 e. The Bertz CT molecular complexity index is 1270. The normalized spacial score (nSPS) is 13.7. The largest absolute Gasteiger partial charge is 0.494 e. The van der Waals surface area contributed by atoms with E-state index in [1.807, 2.05) is 25.1 Å². The number of aliphatic imine (C=N–C) groups is 1.